The number of para-hydroxylation sites is 1. The number of hydrogen-bond acceptors (Lipinski definition) is 8. The number of aliphatic hydroxyl groups excluding tert-OH is 3. The number of rotatable bonds is 6. The molecule has 5 N–H and O–H groups in total. The molecule has 0 spiro atoms. The van der Waals surface area contributed by atoms with Crippen molar-refractivity contribution in [1.29, 1.82) is 0 Å². The Morgan fingerprint density at radius 3 is 2.75 bits per heavy atom. The van der Waals surface area contributed by atoms with E-state index in [1.807, 2.05) is 18.2 Å². The molecule has 1 fully saturated rings. The number of aromatic amines is 1. The Balaban J connectivity index is 1.43. The van der Waals surface area contributed by atoms with Crippen LogP contribution in [0.15, 0.2) is 41.3 Å². The third-order valence-corrected chi connectivity index (χ3v) is 4.86. The van der Waals surface area contributed by atoms with Gasteiger partial charge >= 0.3 is 0 Å². The molecule has 4 atom stereocenters. The summed E-state index contributed by atoms with van der Waals surface area (Å²) in [5.74, 6) is 0.454. The summed E-state index contributed by atoms with van der Waals surface area (Å²) < 4.78 is 7.30. The lowest BCUT2D eigenvalue weighted by molar-refractivity contribution is 0.0175. The second-order valence-electron chi connectivity index (χ2n) is 6.81. The smallest absolute Gasteiger partial charge is 0.252 e. The fourth-order valence-electron chi connectivity index (χ4n) is 3.41. The maximum atomic E-state index is 11.8. The van der Waals surface area contributed by atoms with Gasteiger partial charge in [0.25, 0.3) is 5.56 Å². The van der Waals surface area contributed by atoms with Gasteiger partial charge in [-0.25, -0.2) is 0 Å². The lowest BCUT2D eigenvalue weighted by atomic mass is 10.1. The van der Waals surface area contributed by atoms with Crippen molar-refractivity contribution in [3.05, 3.63) is 52.6 Å². The van der Waals surface area contributed by atoms with E-state index >= 15 is 0 Å². The van der Waals surface area contributed by atoms with Crippen LogP contribution in [0.4, 0.5) is 0 Å². The second kappa shape index (κ2) is 7.68. The topological polar surface area (TPSA) is 146 Å². The quantitative estimate of drug-likeness (QED) is 0.353. The Hall–Kier alpha value is -2.79. The molecule has 4 rings (SSSR count). The van der Waals surface area contributed by atoms with Crippen LogP contribution in [0, 0.1) is 0 Å². The van der Waals surface area contributed by atoms with Gasteiger partial charge in [0.2, 0.25) is 0 Å². The number of pyridine rings is 1. The number of nitrogens with zero attached hydrogens (tertiary/aromatic N) is 3. The highest BCUT2D eigenvalue weighted by atomic mass is 16.5. The third-order valence-electron chi connectivity index (χ3n) is 4.86. The molecular formula is C18H21N5O5. The highest BCUT2D eigenvalue weighted by Crippen LogP contribution is 2.22. The number of nitrogens with one attached hydrogen (secondary N) is 2. The number of fused-ring (bicyclic) bond motifs is 1. The summed E-state index contributed by atoms with van der Waals surface area (Å²) in [7, 11) is 0. The van der Waals surface area contributed by atoms with Crippen molar-refractivity contribution in [3.63, 3.8) is 0 Å². The molecule has 10 heteroatoms. The zero-order valence-corrected chi connectivity index (χ0v) is 14.9. The zero-order chi connectivity index (χ0) is 19.7. The van der Waals surface area contributed by atoms with Gasteiger partial charge in [-0.3, -0.25) is 9.48 Å². The van der Waals surface area contributed by atoms with Gasteiger partial charge in [0.15, 0.2) is 0 Å². The molecule has 28 heavy (non-hydrogen) atoms. The minimum atomic E-state index is -1.04. The first kappa shape index (κ1) is 18.6. The molecule has 0 bridgehead atoms. The summed E-state index contributed by atoms with van der Waals surface area (Å²) in [5.41, 5.74) is 0.985. The monoisotopic (exact) mass is 387 g/mol. The number of ether oxygens (including phenoxy) is 1. The summed E-state index contributed by atoms with van der Waals surface area (Å²) >= 11 is 0. The number of H-pyrrole nitrogens is 1. The molecule has 0 saturated carbocycles. The molecule has 1 saturated heterocycles. The molecule has 1 aromatic carbocycles. The van der Waals surface area contributed by atoms with Gasteiger partial charge in [-0.05, 0) is 12.1 Å². The van der Waals surface area contributed by atoms with E-state index in [-0.39, 0.29) is 25.3 Å². The Morgan fingerprint density at radius 2 is 1.96 bits per heavy atom. The van der Waals surface area contributed by atoms with Crippen LogP contribution in [0.3, 0.4) is 0 Å². The zero-order valence-electron chi connectivity index (χ0n) is 14.9. The summed E-state index contributed by atoms with van der Waals surface area (Å²) in [6.45, 7) is 0.126. The molecule has 0 amide bonds. The predicted molar refractivity (Wildman–Crippen MR) is 98.7 cm³/mol. The molecule has 2 aromatic heterocycles. The first-order valence-electron chi connectivity index (χ1n) is 8.92. The number of aliphatic hydroxyl groups is 3. The van der Waals surface area contributed by atoms with E-state index in [4.69, 9.17) is 4.74 Å². The third kappa shape index (κ3) is 3.62. The molecular weight excluding hydrogens is 366 g/mol. The van der Waals surface area contributed by atoms with Gasteiger partial charge in [-0.1, -0.05) is 17.3 Å². The fraction of sp³-hybridized carbons (Fsp3) is 0.389. The average molecular weight is 387 g/mol. The van der Waals surface area contributed by atoms with Crippen molar-refractivity contribution >= 4 is 10.9 Å². The Kier molecular flexibility index (Phi) is 5.09. The van der Waals surface area contributed by atoms with Crippen LogP contribution in [0.1, 0.15) is 5.69 Å². The van der Waals surface area contributed by atoms with Gasteiger partial charge in [0.05, 0.1) is 49.2 Å². The summed E-state index contributed by atoms with van der Waals surface area (Å²) in [6, 6.07) is 7.70. The molecule has 148 valence electrons. The Bertz CT molecular complexity index is 1020. The maximum Gasteiger partial charge on any atom is 0.252 e. The van der Waals surface area contributed by atoms with Gasteiger partial charge in [0.1, 0.15) is 18.1 Å². The van der Waals surface area contributed by atoms with E-state index in [9.17, 15) is 20.1 Å². The minimum Gasteiger partial charge on any atom is -0.486 e. The summed E-state index contributed by atoms with van der Waals surface area (Å²) in [5, 5.41) is 40.9. The first-order chi connectivity index (χ1) is 13.5. The lowest BCUT2D eigenvalue weighted by Gasteiger charge is -2.15. The van der Waals surface area contributed by atoms with Crippen LogP contribution < -0.4 is 15.6 Å². The highest BCUT2D eigenvalue weighted by molar-refractivity contribution is 5.84. The molecule has 1 aliphatic rings. The number of hydrogen-bond donors (Lipinski definition) is 5. The SMILES string of the molecule is O=c1cc(OCc2cn(C[C@H]3N[C@H](CO)[C@@H](O)[C@@H]3O)nn2)c2ccccc2[nH]1. The van der Waals surface area contributed by atoms with Crippen LogP contribution >= 0.6 is 0 Å². The van der Waals surface area contributed by atoms with E-state index in [1.54, 1.807) is 12.3 Å². The van der Waals surface area contributed by atoms with Crippen molar-refractivity contribution in [2.75, 3.05) is 6.61 Å². The standard InChI is InChI=1S/C18H21N5O5/c24-8-14-18(27)17(26)13(19-14)7-23-6-10(21-22-23)9-28-15-5-16(25)20-12-4-2-1-3-11(12)15/h1-6,13-14,17-19,24,26-27H,7-9H2,(H,20,25)/t13-,14-,17-,18-/m1/s1. The molecule has 3 heterocycles. The van der Waals surface area contributed by atoms with Crippen LogP contribution in [0.5, 0.6) is 5.75 Å². The highest BCUT2D eigenvalue weighted by Gasteiger charge is 2.40. The van der Waals surface area contributed by atoms with Crippen molar-refractivity contribution in [1.82, 2.24) is 25.3 Å². The number of aromatic nitrogens is 4. The van der Waals surface area contributed by atoms with Gasteiger partial charge in [-0.2, -0.15) is 0 Å². The van der Waals surface area contributed by atoms with Gasteiger partial charge in [0, 0.05) is 11.5 Å². The van der Waals surface area contributed by atoms with Crippen molar-refractivity contribution in [2.24, 2.45) is 0 Å². The molecule has 0 unspecified atom stereocenters. The van der Waals surface area contributed by atoms with Crippen molar-refractivity contribution in [2.45, 2.75) is 37.4 Å². The minimum absolute atomic E-state index is 0.121. The van der Waals surface area contributed by atoms with E-state index in [2.05, 4.69) is 20.6 Å². The summed E-state index contributed by atoms with van der Waals surface area (Å²) in [6.07, 6.45) is -0.378. The fourth-order valence-corrected chi connectivity index (χ4v) is 3.41. The Morgan fingerprint density at radius 1 is 1.18 bits per heavy atom. The molecule has 0 aliphatic carbocycles. The lowest BCUT2D eigenvalue weighted by Crippen LogP contribution is -2.38. The van der Waals surface area contributed by atoms with E-state index in [0.29, 0.717) is 17.0 Å². The van der Waals surface area contributed by atoms with Crippen LogP contribution in [-0.2, 0) is 13.2 Å². The van der Waals surface area contributed by atoms with E-state index in [1.165, 1.54) is 10.7 Å². The average Bonchev–Trinajstić information content (AvgIpc) is 3.25. The predicted octanol–water partition coefficient (Wildman–Crippen LogP) is -1.25. The second-order valence-corrected chi connectivity index (χ2v) is 6.81. The normalized spacial score (nSPS) is 24.7. The van der Waals surface area contributed by atoms with Crippen molar-refractivity contribution in [3.8, 4) is 5.75 Å². The molecule has 1 aliphatic heterocycles. The molecule has 3 aromatic rings. The first-order valence-corrected chi connectivity index (χ1v) is 8.92. The Labute approximate surface area is 159 Å². The van der Waals surface area contributed by atoms with Crippen LogP contribution in [0.2, 0.25) is 0 Å². The molecule has 0 radical (unpaired) electrons. The number of benzene rings is 1. The summed E-state index contributed by atoms with van der Waals surface area (Å²) in [4.78, 5) is 14.5. The van der Waals surface area contributed by atoms with Gasteiger partial charge < -0.3 is 30.4 Å². The van der Waals surface area contributed by atoms with E-state index < -0.39 is 24.3 Å². The van der Waals surface area contributed by atoms with Crippen molar-refractivity contribution < 1.29 is 20.1 Å². The van der Waals surface area contributed by atoms with Gasteiger partial charge in [-0.15, -0.1) is 5.10 Å². The molecule has 10 nitrogen and oxygen atoms in total. The maximum absolute atomic E-state index is 11.8. The largest absolute Gasteiger partial charge is 0.486 e. The van der Waals surface area contributed by atoms with E-state index in [0.717, 1.165) is 5.39 Å². The van der Waals surface area contributed by atoms with Crippen LogP contribution in [0.25, 0.3) is 10.9 Å². The van der Waals surface area contributed by atoms with Crippen LogP contribution in [-0.4, -0.2) is 66.2 Å².